The maximum atomic E-state index is 4.96. The van der Waals surface area contributed by atoms with Crippen LogP contribution in [0.3, 0.4) is 0 Å². The number of hydrogen-bond donors (Lipinski definition) is 1. The van der Waals surface area contributed by atoms with Crippen molar-refractivity contribution in [3.63, 3.8) is 0 Å². The predicted molar refractivity (Wildman–Crippen MR) is 113 cm³/mol. The minimum atomic E-state index is 0.516. The molecule has 4 heterocycles. The predicted octanol–water partition coefficient (Wildman–Crippen LogP) is 4.23. The molecule has 0 atom stereocenters. The Morgan fingerprint density at radius 3 is 2.71 bits per heavy atom. The van der Waals surface area contributed by atoms with E-state index in [1.165, 1.54) is 50.9 Å². The fourth-order valence-electron chi connectivity index (χ4n) is 4.30. The van der Waals surface area contributed by atoms with Gasteiger partial charge in [-0.3, -0.25) is 4.98 Å². The first-order valence-corrected chi connectivity index (χ1v) is 11.0. The van der Waals surface area contributed by atoms with E-state index < -0.39 is 0 Å². The van der Waals surface area contributed by atoms with Gasteiger partial charge in [0, 0.05) is 42.7 Å². The van der Waals surface area contributed by atoms with Crippen LogP contribution < -0.4 is 5.32 Å². The number of anilines is 1. The van der Waals surface area contributed by atoms with Crippen LogP contribution in [-0.2, 0) is 6.54 Å². The molecule has 1 N–H and O–H groups in total. The van der Waals surface area contributed by atoms with Gasteiger partial charge >= 0.3 is 0 Å². The molecule has 146 valence electrons. The highest BCUT2D eigenvalue weighted by molar-refractivity contribution is 9.10. The number of fused-ring (bicyclic) bond motifs is 1. The second-order valence-corrected chi connectivity index (χ2v) is 8.76. The van der Waals surface area contributed by atoms with Crippen LogP contribution in [-0.4, -0.2) is 43.6 Å². The Hall–Kier alpha value is -1.99. The molecular weight excluding hydrogens is 416 g/mol. The Kier molecular flexibility index (Phi) is 5.03. The van der Waals surface area contributed by atoms with Gasteiger partial charge in [0.05, 0.1) is 10.7 Å². The van der Waals surface area contributed by atoms with Crippen molar-refractivity contribution in [1.29, 1.82) is 0 Å². The standard InChI is InChI=1S/C21H25BrN6/c22-18-14-25-28-20(24-13-15-3-2-8-23-12-15)11-19(26-21(18)28)16-6-9-27(10-7-16)17-4-1-5-17/h2-3,8,11-12,14,16-17,24H,1,4-7,9-10,13H2. The van der Waals surface area contributed by atoms with Gasteiger partial charge in [0.25, 0.3) is 0 Å². The molecule has 6 nitrogen and oxygen atoms in total. The van der Waals surface area contributed by atoms with Gasteiger partial charge in [0.1, 0.15) is 5.82 Å². The van der Waals surface area contributed by atoms with Crippen molar-refractivity contribution in [3.8, 4) is 0 Å². The monoisotopic (exact) mass is 440 g/mol. The fourth-order valence-corrected chi connectivity index (χ4v) is 4.65. The van der Waals surface area contributed by atoms with Gasteiger partial charge in [-0.2, -0.15) is 9.61 Å². The van der Waals surface area contributed by atoms with Gasteiger partial charge in [-0.15, -0.1) is 0 Å². The van der Waals surface area contributed by atoms with Gasteiger partial charge in [-0.25, -0.2) is 4.98 Å². The van der Waals surface area contributed by atoms with E-state index in [2.05, 4.69) is 48.4 Å². The number of likely N-dealkylation sites (tertiary alicyclic amines) is 1. The molecule has 0 bridgehead atoms. The van der Waals surface area contributed by atoms with Crippen LogP contribution in [0.1, 0.15) is 49.3 Å². The highest BCUT2D eigenvalue weighted by atomic mass is 79.9. The van der Waals surface area contributed by atoms with Crippen LogP contribution in [0.15, 0.2) is 41.3 Å². The van der Waals surface area contributed by atoms with Crippen LogP contribution >= 0.6 is 15.9 Å². The number of piperidine rings is 1. The van der Waals surface area contributed by atoms with Crippen molar-refractivity contribution < 1.29 is 0 Å². The number of halogens is 1. The summed E-state index contributed by atoms with van der Waals surface area (Å²) >= 11 is 3.61. The first-order valence-electron chi connectivity index (χ1n) is 10.2. The van der Waals surface area contributed by atoms with Crippen LogP contribution in [0, 0.1) is 0 Å². The molecule has 0 unspecified atom stereocenters. The molecule has 2 fully saturated rings. The third-order valence-electron chi connectivity index (χ3n) is 6.18. The molecule has 1 aliphatic heterocycles. The minimum absolute atomic E-state index is 0.516. The lowest BCUT2D eigenvalue weighted by molar-refractivity contribution is 0.0970. The van der Waals surface area contributed by atoms with Crippen LogP contribution in [0.5, 0.6) is 0 Å². The van der Waals surface area contributed by atoms with Gasteiger partial charge < -0.3 is 10.2 Å². The Morgan fingerprint density at radius 1 is 1.14 bits per heavy atom. The number of hydrogen-bond acceptors (Lipinski definition) is 5. The zero-order valence-corrected chi connectivity index (χ0v) is 17.5. The number of aromatic nitrogens is 4. The van der Waals surface area contributed by atoms with Crippen molar-refractivity contribution in [3.05, 3.63) is 52.5 Å². The summed E-state index contributed by atoms with van der Waals surface area (Å²) < 4.78 is 2.82. The first-order chi connectivity index (χ1) is 13.8. The number of rotatable bonds is 5. The van der Waals surface area contributed by atoms with E-state index in [0.717, 1.165) is 27.5 Å². The third-order valence-corrected chi connectivity index (χ3v) is 6.74. The smallest absolute Gasteiger partial charge is 0.171 e. The molecule has 0 aromatic carbocycles. The molecule has 3 aromatic rings. The van der Waals surface area contributed by atoms with E-state index in [-0.39, 0.29) is 0 Å². The molecule has 0 radical (unpaired) electrons. The van der Waals surface area contributed by atoms with Crippen LogP contribution in [0.25, 0.3) is 5.65 Å². The third kappa shape index (κ3) is 3.53. The molecule has 3 aromatic heterocycles. The van der Waals surface area contributed by atoms with Gasteiger partial charge in [-0.1, -0.05) is 12.5 Å². The van der Waals surface area contributed by atoms with Crippen molar-refractivity contribution in [2.45, 2.75) is 50.6 Å². The van der Waals surface area contributed by atoms with Crippen molar-refractivity contribution >= 4 is 27.4 Å². The van der Waals surface area contributed by atoms with Crippen LogP contribution in [0.2, 0.25) is 0 Å². The number of pyridine rings is 1. The quantitative estimate of drug-likeness (QED) is 0.642. The highest BCUT2D eigenvalue weighted by Gasteiger charge is 2.30. The Bertz CT molecular complexity index is 944. The average molecular weight is 441 g/mol. The molecule has 7 heteroatoms. The summed E-state index contributed by atoms with van der Waals surface area (Å²) in [6.07, 6.45) is 12.1. The number of nitrogens with one attached hydrogen (secondary N) is 1. The SMILES string of the molecule is Brc1cnn2c(NCc3cccnc3)cc(C3CCN(C4CCC4)CC3)nc12. The maximum absolute atomic E-state index is 4.96. The fraction of sp³-hybridized carbons (Fsp3) is 0.476. The second-order valence-electron chi connectivity index (χ2n) is 7.90. The second kappa shape index (κ2) is 7.79. The largest absolute Gasteiger partial charge is 0.366 e. The zero-order valence-electron chi connectivity index (χ0n) is 15.9. The molecule has 2 aliphatic rings. The lowest BCUT2D eigenvalue weighted by atomic mass is 9.87. The average Bonchev–Trinajstić information content (AvgIpc) is 3.07. The summed E-state index contributed by atoms with van der Waals surface area (Å²) in [5.41, 5.74) is 3.21. The van der Waals surface area contributed by atoms with Crippen molar-refractivity contribution in [1.82, 2.24) is 24.5 Å². The van der Waals surface area contributed by atoms with Crippen molar-refractivity contribution in [2.24, 2.45) is 0 Å². The maximum Gasteiger partial charge on any atom is 0.171 e. The molecular formula is C21H25BrN6. The molecule has 0 spiro atoms. The normalized spacial score (nSPS) is 19.0. The summed E-state index contributed by atoms with van der Waals surface area (Å²) in [6.45, 7) is 3.10. The summed E-state index contributed by atoms with van der Waals surface area (Å²) in [5, 5.41) is 8.02. The van der Waals surface area contributed by atoms with E-state index in [9.17, 15) is 0 Å². The summed E-state index contributed by atoms with van der Waals surface area (Å²) in [4.78, 5) is 11.9. The van der Waals surface area contributed by atoms with Gasteiger partial charge in [0.2, 0.25) is 0 Å². The van der Waals surface area contributed by atoms with E-state index in [0.29, 0.717) is 12.5 Å². The molecule has 1 saturated carbocycles. The van der Waals surface area contributed by atoms with E-state index in [1.807, 2.05) is 23.0 Å². The van der Waals surface area contributed by atoms with E-state index >= 15 is 0 Å². The molecule has 5 rings (SSSR count). The highest BCUT2D eigenvalue weighted by Crippen LogP contribution is 2.34. The summed E-state index contributed by atoms with van der Waals surface area (Å²) in [6, 6.07) is 7.07. The summed E-state index contributed by atoms with van der Waals surface area (Å²) in [5.74, 6) is 1.50. The van der Waals surface area contributed by atoms with E-state index in [1.54, 1.807) is 6.20 Å². The first kappa shape index (κ1) is 18.1. The van der Waals surface area contributed by atoms with Crippen LogP contribution in [0.4, 0.5) is 5.82 Å². The summed E-state index contributed by atoms with van der Waals surface area (Å²) in [7, 11) is 0. The Morgan fingerprint density at radius 2 is 2.00 bits per heavy atom. The molecule has 0 amide bonds. The lowest BCUT2D eigenvalue weighted by Crippen LogP contribution is -2.44. The minimum Gasteiger partial charge on any atom is -0.366 e. The number of nitrogens with zero attached hydrogens (tertiary/aromatic N) is 5. The molecule has 1 saturated heterocycles. The Labute approximate surface area is 173 Å². The lowest BCUT2D eigenvalue weighted by Gasteiger charge is -2.41. The van der Waals surface area contributed by atoms with Gasteiger partial charge in [0.15, 0.2) is 5.65 Å². The Balaban J connectivity index is 1.37. The zero-order chi connectivity index (χ0) is 18.9. The molecule has 28 heavy (non-hydrogen) atoms. The van der Waals surface area contributed by atoms with Gasteiger partial charge in [-0.05, 0) is 66.3 Å². The topological polar surface area (TPSA) is 58.4 Å². The van der Waals surface area contributed by atoms with Crippen molar-refractivity contribution in [2.75, 3.05) is 18.4 Å². The van der Waals surface area contributed by atoms with E-state index in [4.69, 9.17) is 4.98 Å². The molecule has 1 aliphatic carbocycles.